The Kier molecular flexibility index (Phi) is 3.89. The maximum atomic E-state index is 8.44. The molecule has 1 aliphatic rings. The van der Waals surface area contributed by atoms with Crippen molar-refractivity contribution < 1.29 is 19.5 Å². The second kappa shape index (κ2) is 4.18. The van der Waals surface area contributed by atoms with Crippen LogP contribution in [0.1, 0.15) is 12.8 Å². The molecule has 0 atom stereocenters. The number of hydrogen-bond donors (Lipinski definition) is 1. The van der Waals surface area contributed by atoms with Gasteiger partial charge in [0.1, 0.15) is 0 Å². The van der Waals surface area contributed by atoms with E-state index in [2.05, 4.69) is 14.1 Å². The molecule has 1 rings (SSSR count). The van der Waals surface area contributed by atoms with Gasteiger partial charge in [-0.15, -0.1) is 0 Å². The lowest BCUT2D eigenvalue weighted by Crippen LogP contribution is -2.35. The van der Waals surface area contributed by atoms with Crippen molar-refractivity contribution in [1.82, 2.24) is 0 Å². The number of nitrogens with zero attached hydrogens (tertiary/aromatic N) is 1. The molecule has 1 aliphatic heterocycles. The molecule has 0 aromatic carbocycles. The summed E-state index contributed by atoms with van der Waals surface area (Å²) in [4.78, 5) is 8.44. The second-order valence-corrected chi connectivity index (χ2v) is 3.36. The third-order valence-corrected chi connectivity index (χ3v) is 1.78. The molecule has 0 aromatic rings. The van der Waals surface area contributed by atoms with Crippen molar-refractivity contribution in [3.8, 4) is 0 Å². The van der Waals surface area contributed by atoms with Crippen molar-refractivity contribution >= 4 is 6.16 Å². The summed E-state index contributed by atoms with van der Waals surface area (Å²) in [6, 6.07) is 0. The van der Waals surface area contributed by atoms with Gasteiger partial charge in [-0.2, -0.15) is 0 Å². The Hall–Kier alpha value is -0.770. The van der Waals surface area contributed by atoms with Crippen LogP contribution < -0.4 is 5.11 Å². The van der Waals surface area contributed by atoms with E-state index in [0.29, 0.717) is 0 Å². The molecule has 0 amide bonds. The van der Waals surface area contributed by atoms with Crippen LogP contribution in [0.15, 0.2) is 0 Å². The molecular formula is C7H15NO3. The van der Waals surface area contributed by atoms with Crippen LogP contribution in [-0.2, 0) is 0 Å². The highest BCUT2D eigenvalue weighted by atomic mass is 16.6. The van der Waals surface area contributed by atoms with Crippen molar-refractivity contribution in [2.24, 2.45) is 0 Å². The SMILES string of the molecule is C[N+]1(C)CCCC1.O=C([O-])O. The molecule has 0 radical (unpaired) electrons. The summed E-state index contributed by atoms with van der Waals surface area (Å²) in [6.07, 6.45) is 0.792. The van der Waals surface area contributed by atoms with E-state index in [1.54, 1.807) is 0 Å². The third kappa shape index (κ3) is 7.12. The minimum absolute atomic E-state index is 1.25. The number of quaternary nitrogens is 1. The Labute approximate surface area is 66.6 Å². The number of hydrogen-bond acceptors (Lipinski definition) is 2. The molecule has 0 aliphatic carbocycles. The molecule has 66 valence electrons. The Morgan fingerprint density at radius 2 is 1.64 bits per heavy atom. The summed E-state index contributed by atoms with van der Waals surface area (Å²) < 4.78 is 1.25. The lowest BCUT2D eigenvalue weighted by molar-refractivity contribution is -0.877. The molecule has 1 heterocycles. The minimum atomic E-state index is -2.08. The van der Waals surface area contributed by atoms with Gasteiger partial charge in [-0.1, -0.05) is 0 Å². The van der Waals surface area contributed by atoms with Crippen LogP contribution in [0.4, 0.5) is 4.79 Å². The summed E-state index contributed by atoms with van der Waals surface area (Å²) in [5.74, 6) is 0. The molecule has 0 bridgehead atoms. The van der Waals surface area contributed by atoms with E-state index in [4.69, 9.17) is 15.0 Å². The molecule has 0 unspecified atom stereocenters. The average Bonchev–Trinajstić information content (AvgIpc) is 2.11. The molecule has 0 spiro atoms. The van der Waals surface area contributed by atoms with E-state index in [-0.39, 0.29) is 0 Å². The van der Waals surface area contributed by atoms with Crippen molar-refractivity contribution in [2.45, 2.75) is 12.8 Å². The van der Waals surface area contributed by atoms with Gasteiger partial charge in [-0.05, 0) is 0 Å². The maximum Gasteiger partial charge on any atom is 0.249 e. The Balaban J connectivity index is 0.000000218. The lowest BCUT2D eigenvalue weighted by atomic mass is 10.4. The summed E-state index contributed by atoms with van der Waals surface area (Å²) >= 11 is 0. The highest BCUT2D eigenvalue weighted by Gasteiger charge is 2.19. The van der Waals surface area contributed by atoms with Gasteiger partial charge in [0.25, 0.3) is 0 Å². The summed E-state index contributed by atoms with van der Waals surface area (Å²) in [5.41, 5.74) is 0. The summed E-state index contributed by atoms with van der Waals surface area (Å²) in [6.45, 7) is 2.78. The van der Waals surface area contributed by atoms with Gasteiger partial charge >= 0.3 is 0 Å². The zero-order valence-electron chi connectivity index (χ0n) is 7.04. The third-order valence-electron chi connectivity index (χ3n) is 1.78. The molecule has 11 heavy (non-hydrogen) atoms. The Morgan fingerprint density at radius 1 is 1.36 bits per heavy atom. The van der Waals surface area contributed by atoms with Crippen LogP contribution in [0, 0.1) is 0 Å². The molecule has 0 aromatic heterocycles. The number of rotatable bonds is 0. The van der Waals surface area contributed by atoms with Crippen LogP contribution >= 0.6 is 0 Å². The van der Waals surface area contributed by atoms with E-state index in [1.807, 2.05) is 0 Å². The van der Waals surface area contributed by atoms with Crippen molar-refractivity contribution in [2.75, 3.05) is 27.2 Å². The van der Waals surface area contributed by atoms with E-state index < -0.39 is 6.16 Å². The first-order valence-corrected chi connectivity index (χ1v) is 3.66. The summed E-state index contributed by atoms with van der Waals surface area (Å²) in [7, 11) is 4.60. The topological polar surface area (TPSA) is 60.4 Å². The monoisotopic (exact) mass is 161 g/mol. The number of likely N-dealkylation sites (tertiary alicyclic amines) is 1. The summed E-state index contributed by atoms with van der Waals surface area (Å²) in [5, 5.41) is 15.3. The van der Waals surface area contributed by atoms with Gasteiger partial charge in [0.2, 0.25) is 6.16 Å². The van der Waals surface area contributed by atoms with Crippen LogP contribution in [0.25, 0.3) is 0 Å². The van der Waals surface area contributed by atoms with E-state index in [1.165, 1.54) is 30.4 Å². The van der Waals surface area contributed by atoms with Gasteiger partial charge in [0.15, 0.2) is 0 Å². The standard InChI is InChI=1S/C6H14N.CH2O3/c1-7(2)5-3-4-6-7;2-1(3)4/h3-6H2,1-2H3;(H2,2,3,4)/q+1;/p-1. The van der Waals surface area contributed by atoms with Gasteiger partial charge < -0.3 is 19.5 Å². The van der Waals surface area contributed by atoms with Crippen LogP contribution in [-0.4, -0.2) is 42.9 Å². The number of carboxylic acid groups (broad SMARTS) is 2. The van der Waals surface area contributed by atoms with Crippen molar-refractivity contribution in [1.29, 1.82) is 0 Å². The highest BCUT2D eigenvalue weighted by Crippen LogP contribution is 2.11. The zero-order valence-corrected chi connectivity index (χ0v) is 7.04. The van der Waals surface area contributed by atoms with E-state index in [9.17, 15) is 0 Å². The first-order valence-electron chi connectivity index (χ1n) is 3.66. The fourth-order valence-electron chi connectivity index (χ4n) is 1.19. The van der Waals surface area contributed by atoms with Crippen LogP contribution in [0.5, 0.6) is 0 Å². The van der Waals surface area contributed by atoms with Crippen LogP contribution in [0.2, 0.25) is 0 Å². The van der Waals surface area contributed by atoms with Gasteiger partial charge in [0, 0.05) is 12.8 Å². The molecular weight excluding hydrogens is 146 g/mol. The zero-order chi connectivity index (χ0) is 8.91. The molecule has 4 heteroatoms. The predicted molar refractivity (Wildman–Crippen MR) is 39.1 cm³/mol. The van der Waals surface area contributed by atoms with Crippen LogP contribution in [0.3, 0.4) is 0 Å². The second-order valence-electron chi connectivity index (χ2n) is 3.36. The molecule has 0 saturated carbocycles. The van der Waals surface area contributed by atoms with E-state index >= 15 is 0 Å². The minimum Gasteiger partial charge on any atom is -0.565 e. The van der Waals surface area contributed by atoms with Gasteiger partial charge in [-0.25, -0.2) is 0 Å². The quantitative estimate of drug-likeness (QED) is 0.498. The Morgan fingerprint density at radius 3 is 1.73 bits per heavy atom. The molecule has 1 fully saturated rings. The van der Waals surface area contributed by atoms with Gasteiger partial charge in [0.05, 0.1) is 27.2 Å². The Bertz CT molecular complexity index is 122. The van der Waals surface area contributed by atoms with E-state index in [0.717, 1.165) is 0 Å². The largest absolute Gasteiger partial charge is 0.565 e. The van der Waals surface area contributed by atoms with Crippen molar-refractivity contribution in [3.05, 3.63) is 0 Å². The first kappa shape index (κ1) is 10.2. The molecule has 1 N–H and O–H groups in total. The average molecular weight is 161 g/mol. The first-order chi connectivity index (χ1) is 4.94. The fourth-order valence-corrected chi connectivity index (χ4v) is 1.19. The molecule has 4 nitrogen and oxygen atoms in total. The lowest BCUT2D eigenvalue weighted by Gasteiger charge is -2.21. The fraction of sp³-hybridized carbons (Fsp3) is 0.857. The number of carbonyl (C=O) groups is 1. The molecule has 1 saturated heterocycles. The smallest absolute Gasteiger partial charge is 0.249 e. The predicted octanol–water partition coefficient (Wildman–Crippen LogP) is -0.256. The van der Waals surface area contributed by atoms with Crippen molar-refractivity contribution in [3.63, 3.8) is 0 Å². The normalized spacial score (nSPS) is 20.2. The van der Waals surface area contributed by atoms with Gasteiger partial charge in [-0.3, -0.25) is 0 Å². The maximum absolute atomic E-state index is 8.44. The highest BCUT2D eigenvalue weighted by molar-refractivity contribution is 5.50.